The Kier molecular flexibility index (Phi) is 6.76. The Bertz CT molecular complexity index is 1530. The van der Waals surface area contributed by atoms with Gasteiger partial charge in [-0.1, -0.05) is 60.7 Å². The van der Waals surface area contributed by atoms with E-state index in [0.717, 1.165) is 11.4 Å². The SMILES string of the molecule is Oc1ccccc1-c1cn(-c2ccccc2)c(-c2nc(-c3ccccc3O)cn2-c2ccccc2)n1.[Pt]. The maximum absolute atomic E-state index is 10.5. The van der Waals surface area contributed by atoms with Crippen LogP contribution >= 0.6 is 0 Å². The van der Waals surface area contributed by atoms with Crippen LogP contribution in [0.2, 0.25) is 0 Å². The molecule has 0 unspecified atom stereocenters. The van der Waals surface area contributed by atoms with Crippen LogP contribution in [-0.4, -0.2) is 29.3 Å². The van der Waals surface area contributed by atoms with Crippen molar-refractivity contribution in [2.45, 2.75) is 0 Å². The smallest absolute Gasteiger partial charge is 0.182 e. The van der Waals surface area contributed by atoms with Crippen LogP contribution in [-0.2, 0) is 21.1 Å². The maximum atomic E-state index is 10.5. The van der Waals surface area contributed by atoms with Crippen molar-refractivity contribution in [2.24, 2.45) is 0 Å². The first-order valence-electron chi connectivity index (χ1n) is 11.6. The van der Waals surface area contributed by atoms with Crippen LogP contribution in [0.1, 0.15) is 0 Å². The van der Waals surface area contributed by atoms with Gasteiger partial charge in [0.25, 0.3) is 0 Å². The molecule has 0 aliphatic carbocycles. The van der Waals surface area contributed by atoms with E-state index >= 15 is 0 Å². The number of para-hydroxylation sites is 4. The summed E-state index contributed by atoms with van der Waals surface area (Å²) < 4.78 is 3.94. The van der Waals surface area contributed by atoms with Crippen molar-refractivity contribution >= 4 is 0 Å². The molecular formula is C30H22N4O2Pt. The number of aromatic nitrogens is 4. The molecule has 184 valence electrons. The molecule has 0 saturated carbocycles. The first-order chi connectivity index (χ1) is 17.7. The summed E-state index contributed by atoms with van der Waals surface area (Å²) in [5.41, 5.74) is 4.33. The molecule has 0 amide bonds. The number of phenols is 2. The van der Waals surface area contributed by atoms with Gasteiger partial charge in [0.15, 0.2) is 11.6 Å². The Morgan fingerprint density at radius 1 is 0.459 bits per heavy atom. The van der Waals surface area contributed by atoms with E-state index in [2.05, 4.69) is 0 Å². The molecule has 0 aliphatic heterocycles. The number of nitrogens with zero attached hydrogens (tertiary/aromatic N) is 4. The third-order valence-corrected chi connectivity index (χ3v) is 6.04. The summed E-state index contributed by atoms with van der Waals surface area (Å²) in [7, 11) is 0. The third-order valence-electron chi connectivity index (χ3n) is 6.04. The fourth-order valence-electron chi connectivity index (χ4n) is 4.29. The predicted molar refractivity (Wildman–Crippen MR) is 140 cm³/mol. The molecule has 0 saturated heterocycles. The summed E-state index contributed by atoms with van der Waals surface area (Å²) in [4.78, 5) is 9.92. The molecule has 0 aliphatic rings. The first-order valence-corrected chi connectivity index (χ1v) is 11.6. The first kappa shape index (κ1) is 24.3. The van der Waals surface area contributed by atoms with E-state index in [4.69, 9.17) is 9.97 Å². The topological polar surface area (TPSA) is 76.1 Å². The molecule has 7 heteroatoms. The molecular weight excluding hydrogens is 643 g/mol. The van der Waals surface area contributed by atoms with Crippen molar-refractivity contribution in [1.82, 2.24) is 19.1 Å². The minimum atomic E-state index is 0. The fraction of sp³-hybridized carbons (Fsp3) is 0. The molecule has 2 N–H and O–H groups in total. The molecule has 0 radical (unpaired) electrons. The minimum absolute atomic E-state index is 0. The van der Waals surface area contributed by atoms with Gasteiger partial charge in [0.2, 0.25) is 0 Å². The van der Waals surface area contributed by atoms with E-state index in [1.54, 1.807) is 24.3 Å². The largest absolute Gasteiger partial charge is 0.507 e. The summed E-state index contributed by atoms with van der Waals surface area (Å²) in [6.45, 7) is 0. The average Bonchev–Trinajstić information content (AvgIpc) is 3.55. The number of rotatable bonds is 5. The van der Waals surface area contributed by atoms with Crippen molar-refractivity contribution < 1.29 is 31.3 Å². The molecule has 0 bridgehead atoms. The summed E-state index contributed by atoms with van der Waals surface area (Å²) >= 11 is 0. The Hall–Kier alpha value is -4.41. The van der Waals surface area contributed by atoms with E-state index in [1.165, 1.54) is 0 Å². The average molecular weight is 666 g/mol. The molecule has 0 atom stereocenters. The minimum Gasteiger partial charge on any atom is -0.507 e. The fourth-order valence-corrected chi connectivity index (χ4v) is 4.29. The Morgan fingerprint density at radius 3 is 1.19 bits per heavy atom. The van der Waals surface area contributed by atoms with Crippen LogP contribution in [0.3, 0.4) is 0 Å². The number of phenolic OH excluding ortho intramolecular Hbond substituents is 2. The van der Waals surface area contributed by atoms with Gasteiger partial charge in [0.1, 0.15) is 11.5 Å². The van der Waals surface area contributed by atoms with Gasteiger partial charge in [-0.05, 0) is 48.5 Å². The quantitative estimate of drug-likeness (QED) is 0.222. The summed E-state index contributed by atoms with van der Waals surface area (Å²) in [6, 6.07) is 34.1. The van der Waals surface area contributed by atoms with Gasteiger partial charge < -0.3 is 10.2 Å². The Labute approximate surface area is 228 Å². The zero-order valence-corrected chi connectivity index (χ0v) is 21.8. The van der Waals surface area contributed by atoms with Gasteiger partial charge in [-0.3, -0.25) is 9.13 Å². The van der Waals surface area contributed by atoms with Crippen molar-refractivity contribution in [2.75, 3.05) is 0 Å². The Morgan fingerprint density at radius 2 is 0.811 bits per heavy atom. The van der Waals surface area contributed by atoms with E-state index in [9.17, 15) is 10.2 Å². The molecule has 0 spiro atoms. The van der Waals surface area contributed by atoms with Crippen LogP contribution in [0, 0.1) is 0 Å². The number of aromatic hydroxyl groups is 2. The molecule has 6 rings (SSSR count). The van der Waals surface area contributed by atoms with Crippen LogP contribution in [0.5, 0.6) is 11.5 Å². The molecule has 6 nitrogen and oxygen atoms in total. The number of hydrogen-bond acceptors (Lipinski definition) is 4. The van der Waals surface area contributed by atoms with Crippen molar-refractivity contribution in [3.63, 3.8) is 0 Å². The second-order valence-corrected chi connectivity index (χ2v) is 8.34. The molecule has 0 fully saturated rings. The molecule has 4 aromatic carbocycles. The van der Waals surface area contributed by atoms with Crippen LogP contribution in [0.4, 0.5) is 0 Å². The van der Waals surface area contributed by atoms with Crippen LogP contribution in [0.25, 0.3) is 45.5 Å². The summed E-state index contributed by atoms with van der Waals surface area (Å²) in [5.74, 6) is 1.51. The predicted octanol–water partition coefficient (Wildman–Crippen LogP) is 6.47. The van der Waals surface area contributed by atoms with E-state index in [1.807, 2.05) is 106 Å². The second-order valence-electron chi connectivity index (χ2n) is 8.34. The molecule has 2 aromatic heterocycles. The molecule has 2 heterocycles. The summed E-state index contributed by atoms with van der Waals surface area (Å²) in [5, 5.41) is 21.0. The normalized spacial score (nSPS) is 10.7. The Balaban J connectivity index is 0.00000280. The maximum Gasteiger partial charge on any atom is 0.182 e. The van der Waals surface area contributed by atoms with Crippen LogP contribution in [0.15, 0.2) is 122 Å². The van der Waals surface area contributed by atoms with Gasteiger partial charge in [-0.15, -0.1) is 0 Å². The second kappa shape index (κ2) is 10.3. The number of benzene rings is 4. The molecule has 37 heavy (non-hydrogen) atoms. The monoisotopic (exact) mass is 665 g/mol. The third kappa shape index (κ3) is 4.59. The van der Waals surface area contributed by atoms with E-state index in [-0.39, 0.29) is 32.6 Å². The zero-order chi connectivity index (χ0) is 24.5. The summed E-state index contributed by atoms with van der Waals surface area (Å²) in [6.07, 6.45) is 3.81. The van der Waals surface area contributed by atoms with Crippen molar-refractivity contribution in [3.05, 3.63) is 122 Å². The van der Waals surface area contributed by atoms with Gasteiger partial charge in [-0.25, -0.2) is 9.97 Å². The number of imidazole rings is 2. The van der Waals surface area contributed by atoms with Crippen molar-refractivity contribution in [3.8, 4) is 57.0 Å². The van der Waals surface area contributed by atoms with Gasteiger partial charge in [0.05, 0.1) is 11.4 Å². The van der Waals surface area contributed by atoms with E-state index in [0.29, 0.717) is 34.2 Å². The van der Waals surface area contributed by atoms with Gasteiger partial charge in [0, 0.05) is 56.0 Å². The van der Waals surface area contributed by atoms with Gasteiger partial charge >= 0.3 is 0 Å². The van der Waals surface area contributed by atoms with Crippen molar-refractivity contribution in [1.29, 1.82) is 0 Å². The number of hydrogen-bond donors (Lipinski definition) is 2. The van der Waals surface area contributed by atoms with E-state index < -0.39 is 0 Å². The zero-order valence-electron chi connectivity index (χ0n) is 19.5. The molecule has 6 aromatic rings. The van der Waals surface area contributed by atoms with Gasteiger partial charge in [-0.2, -0.15) is 0 Å². The van der Waals surface area contributed by atoms with Crippen LogP contribution < -0.4 is 0 Å². The standard InChI is InChI=1S/C30H22N4O2.Pt/c35-27-17-9-7-15-23(27)25-19-33(21-11-3-1-4-12-21)29(31-25)30-32-26(24-16-8-10-18-28(24)36)20-34(30)22-13-5-2-6-14-22;/h1-20,35-36H;.